The van der Waals surface area contributed by atoms with Gasteiger partial charge in [-0.05, 0) is 19.3 Å². The first-order chi connectivity index (χ1) is 13.2. The highest BCUT2D eigenvalue weighted by atomic mass is 16.5. The molecule has 1 saturated heterocycles. The van der Waals surface area contributed by atoms with Gasteiger partial charge in [-0.15, -0.1) is 0 Å². The maximum atomic E-state index is 12.8. The summed E-state index contributed by atoms with van der Waals surface area (Å²) in [4.78, 5) is 12.8. The summed E-state index contributed by atoms with van der Waals surface area (Å²) in [5.74, 6) is 0.374. The van der Waals surface area contributed by atoms with Gasteiger partial charge in [-0.25, -0.2) is 0 Å². The molecule has 1 unspecified atom stereocenters. The van der Waals surface area contributed by atoms with E-state index in [0.29, 0.717) is 34.4 Å². The number of ether oxygens (including phenoxy) is 1. The van der Waals surface area contributed by atoms with Gasteiger partial charge < -0.3 is 25.2 Å². The number of likely N-dealkylation sites (N-methyl/N-ethyl adjacent to an activating group) is 1. The van der Waals surface area contributed by atoms with E-state index >= 15 is 0 Å². The van der Waals surface area contributed by atoms with E-state index in [1.54, 1.807) is 0 Å². The molecule has 0 amide bonds. The van der Waals surface area contributed by atoms with Crippen LogP contribution in [-0.4, -0.2) is 68.3 Å². The van der Waals surface area contributed by atoms with Crippen LogP contribution in [0.25, 0.3) is 0 Å². The van der Waals surface area contributed by atoms with Crippen LogP contribution in [0.5, 0.6) is 17.2 Å². The van der Waals surface area contributed by atoms with E-state index in [1.165, 1.54) is 6.07 Å². The number of phenols is 2. The fourth-order valence-corrected chi connectivity index (χ4v) is 6.99. The van der Waals surface area contributed by atoms with Gasteiger partial charge in [0.1, 0.15) is 17.4 Å². The molecule has 1 aromatic rings. The Balaban J connectivity index is 1.65. The number of aliphatic hydroxyl groups is 2. The lowest BCUT2D eigenvalue weighted by atomic mass is 9.48. The van der Waals surface area contributed by atoms with Crippen molar-refractivity contribution >= 4 is 5.78 Å². The van der Waals surface area contributed by atoms with Gasteiger partial charge in [-0.1, -0.05) is 0 Å². The van der Waals surface area contributed by atoms with Gasteiger partial charge in [0.25, 0.3) is 0 Å². The van der Waals surface area contributed by atoms with E-state index in [2.05, 4.69) is 0 Å². The number of aromatic hydroxyl groups is 2. The summed E-state index contributed by atoms with van der Waals surface area (Å²) in [5.41, 5.74) is -1.16. The fraction of sp³-hybridized carbons (Fsp3) is 0.667. The molecule has 1 spiro atoms. The smallest absolute Gasteiger partial charge is 0.191 e. The van der Waals surface area contributed by atoms with E-state index in [4.69, 9.17) is 4.74 Å². The minimum atomic E-state index is -1.23. The summed E-state index contributed by atoms with van der Waals surface area (Å²) in [6.45, 7) is 0.782. The number of phenolic OH excluding ortho intramolecular Hbond substituents is 2. The van der Waals surface area contributed by atoms with Crippen molar-refractivity contribution in [3.8, 4) is 17.2 Å². The molecule has 0 aromatic heterocycles. The number of Topliss-reactive ketones (excluding diaryl/α,β-unsaturated/α-hetero) is 1. The largest absolute Gasteiger partial charge is 0.508 e. The van der Waals surface area contributed by atoms with Crippen LogP contribution in [0.1, 0.15) is 43.2 Å². The molecular formula is C21H26NO6+. The van der Waals surface area contributed by atoms with Crippen LogP contribution in [-0.2, 0) is 16.6 Å². The first-order valence-corrected chi connectivity index (χ1v) is 10.3. The van der Waals surface area contributed by atoms with Crippen molar-refractivity contribution in [2.45, 2.75) is 67.9 Å². The average molecular weight is 388 g/mol. The highest BCUT2D eigenvalue weighted by Gasteiger charge is 2.78. The number of rotatable bonds is 2. The molecule has 4 N–H and O–H groups in total. The minimum absolute atomic E-state index is 0.0284. The van der Waals surface area contributed by atoms with Crippen LogP contribution in [0.4, 0.5) is 0 Å². The molecule has 7 nitrogen and oxygen atoms in total. The Morgan fingerprint density at radius 3 is 2.75 bits per heavy atom. The number of likely N-dealkylation sites (tertiary alicyclic amines) is 1. The number of ketones is 1. The number of aliphatic hydroxyl groups excluding tert-OH is 1. The van der Waals surface area contributed by atoms with Crippen molar-refractivity contribution in [2.75, 3.05) is 13.6 Å². The summed E-state index contributed by atoms with van der Waals surface area (Å²) in [5, 5.41) is 44.6. The maximum absolute atomic E-state index is 12.8. The van der Waals surface area contributed by atoms with Crippen LogP contribution >= 0.6 is 0 Å². The van der Waals surface area contributed by atoms with E-state index in [9.17, 15) is 25.2 Å². The number of piperidine rings is 1. The molecule has 2 bridgehead atoms. The third kappa shape index (κ3) is 1.67. The predicted molar refractivity (Wildman–Crippen MR) is 96.9 cm³/mol. The lowest BCUT2D eigenvalue weighted by Gasteiger charge is -2.65. The third-order valence-corrected chi connectivity index (χ3v) is 8.49. The summed E-state index contributed by atoms with van der Waals surface area (Å²) in [6, 6.07) is 0.930. The summed E-state index contributed by atoms with van der Waals surface area (Å²) < 4.78 is 6.30. The lowest BCUT2D eigenvalue weighted by Crippen LogP contribution is -2.83. The predicted octanol–water partition coefficient (Wildman–Crippen LogP) is 0.694. The Kier molecular flexibility index (Phi) is 2.94. The monoisotopic (exact) mass is 388 g/mol. The Bertz CT molecular complexity index is 928. The molecule has 2 heterocycles. The van der Waals surface area contributed by atoms with Gasteiger partial charge >= 0.3 is 0 Å². The fourth-order valence-electron chi connectivity index (χ4n) is 6.99. The third-order valence-electron chi connectivity index (χ3n) is 8.49. The van der Waals surface area contributed by atoms with E-state index in [0.717, 1.165) is 19.4 Å². The molecule has 5 aliphatic rings. The molecule has 0 radical (unpaired) electrons. The van der Waals surface area contributed by atoms with Crippen LogP contribution in [0.2, 0.25) is 0 Å². The topological polar surface area (TPSA) is 107 Å². The number of nitrogens with zero attached hydrogens (tertiary/aromatic N) is 1. The van der Waals surface area contributed by atoms with Gasteiger partial charge in [0.15, 0.2) is 29.6 Å². The van der Waals surface area contributed by atoms with Gasteiger partial charge in [0.2, 0.25) is 0 Å². The molecule has 7 heteroatoms. The molecule has 1 aromatic carbocycles. The van der Waals surface area contributed by atoms with Crippen molar-refractivity contribution in [3.05, 3.63) is 17.2 Å². The Morgan fingerprint density at radius 1 is 1.29 bits per heavy atom. The van der Waals surface area contributed by atoms with Crippen LogP contribution in [0, 0.1) is 5.92 Å². The molecule has 6 rings (SSSR count). The van der Waals surface area contributed by atoms with Gasteiger partial charge in [0, 0.05) is 42.4 Å². The highest BCUT2D eigenvalue weighted by Crippen LogP contribution is 2.67. The van der Waals surface area contributed by atoms with Crippen molar-refractivity contribution < 1.29 is 34.4 Å². The SMILES string of the molecule is C[N@+]1(CC2CC2)C(O)C[C@]23c4c5c(O)cc(O)c4O[C@H]2C(=O)CC[C@@]3(O)[C@@H]1C5. The number of carbonyl (C=O) groups excluding carboxylic acids is 1. The van der Waals surface area contributed by atoms with E-state index in [1.807, 2.05) is 7.05 Å². The minimum Gasteiger partial charge on any atom is -0.508 e. The summed E-state index contributed by atoms with van der Waals surface area (Å²) in [7, 11) is 2.00. The first-order valence-electron chi connectivity index (χ1n) is 10.3. The number of quaternary nitrogens is 1. The normalized spacial score (nSPS) is 45.5. The van der Waals surface area contributed by atoms with Gasteiger partial charge in [0.05, 0.1) is 19.0 Å². The molecule has 28 heavy (non-hydrogen) atoms. The standard InChI is InChI=1S/C21H25NO6/c1-22(9-10-2-3-10)15-6-11-13(24)7-14(25)18-17(11)20(8-16(22)26)19(28-18)12(23)4-5-21(15,20)27/h7,10,15-16,19,26-27H,2-6,8-9H2,1H3,(H-,24,25)/p+1/t15-,16?,19-,20-,21+,22+/m0/s1. The van der Waals surface area contributed by atoms with E-state index in [-0.39, 0.29) is 41.9 Å². The first kappa shape index (κ1) is 17.1. The Hall–Kier alpha value is -1.83. The summed E-state index contributed by atoms with van der Waals surface area (Å²) in [6.07, 6.45) is 1.71. The molecule has 6 atom stereocenters. The number of benzene rings is 1. The second-order valence-corrected chi connectivity index (χ2v) is 9.83. The van der Waals surface area contributed by atoms with Crippen LogP contribution < -0.4 is 4.74 Å². The van der Waals surface area contributed by atoms with Crippen molar-refractivity contribution in [1.82, 2.24) is 0 Å². The maximum Gasteiger partial charge on any atom is 0.191 e. The summed E-state index contributed by atoms with van der Waals surface area (Å²) >= 11 is 0. The van der Waals surface area contributed by atoms with Gasteiger partial charge in [-0.3, -0.25) is 9.28 Å². The Labute approximate surface area is 162 Å². The molecule has 2 aliphatic heterocycles. The van der Waals surface area contributed by atoms with Crippen molar-refractivity contribution in [2.24, 2.45) is 5.92 Å². The lowest BCUT2D eigenvalue weighted by molar-refractivity contribution is -0.992. The zero-order chi connectivity index (χ0) is 19.6. The molecular weight excluding hydrogens is 362 g/mol. The molecule has 3 aliphatic carbocycles. The van der Waals surface area contributed by atoms with Crippen LogP contribution in [0.15, 0.2) is 6.07 Å². The number of carbonyl (C=O) groups is 1. The second kappa shape index (κ2) is 4.83. The van der Waals surface area contributed by atoms with E-state index < -0.39 is 23.3 Å². The van der Waals surface area contributed by atoms with Crippen molar-refractivity contribution in [1.29, 1.82) is 0 Å². The number of hydrogen-bond donors (Lipinski definition) is 4. The zero-order valence-electron chi connectivity index (χ0n) is 15.9. The molecule has 2 saturated carbocycles. The molecule has 150 valence electrons. The average Bonchev–Trinajstić information content (AvgIpc) is 3.36. The Morgan fingerprint density at radius 2 is 2.04 bits per heavy atom. The van der Waals surface area contributed by atoms with Crippen LogP contribution in [0.3, 0.4) is 0 Å². The quantitative estimate of drug-likeness (QED) is 0.556. The highest BCUT2D eigenvalue weighted by molar-refractivity contribution is 5.90. The second-order valence-electron chi connectivity index (χ2n) is 9.83. The van der Waals surface area contributed by atoms with Crippen molar-refractivity contribution in [3.63, 3.8) is 0 Å². The zero-order valence-corrected chi connectivity index (χ0v) is 15.9. The molecule has 3 fully saturated rings. The van der Waals surface area contributed by atoms with Gasteiger partial charge in [-0.2, -0.15) is 0 Å². The number of hydrogen-bond acceptors (Lipinski definition) is 6.